The molecule has 1 saturated heterocycles. The Morgan fingerprint density at radius 3 is 2.78 bits per heavy atom. The number of nitrogens with zero attached hydrogens (tertiary/aromatic N) is 2. The van der Waals surface area contributed by atoms with Crippen molar-refractivity contribution >= 4 is 0 Å². The lowest BCUT2D eigenvalue weighted by Gasteiger charge is -2.15. The number of nitriles is 1. The van der Waals surface area contributed by atoms with Gasteiger partial charge < -0.3 is 15.0 Å². The summed E-state index contributed by atoms with van der Waals surface area (Å²) in [4.78, 5) is 2.67. The van der Waals surface area contributed by atoms with Crippen LogP contribution >= 0.6 is 0 Å². The second kappa shape index (κ2) is 8.56. The Kier molecular flexibility index (Phi) is 5.72. The van der Waals surface area contributed by atoms with Crippen LogP contribution in [0.1, 0.15) is 36.0 Å². The summed E-state index contributed by atoms with van der Waals surface area (Å²) in [5, 5.41) is 12.6. The summed E-state index contributed by atoms with van der Waals surface area (Å²) in [6.45, 7) is 5.00. The topological polar surface area (TPSA) is 48.3 Å². The summed E-state index contributed by atoms with van der Waals surface area (Å²) in [7, 11) is 0. The summed E-state index contributed by atoms with van der Waals surface area (Å²) < 4.78 is 5.92. The van der Waals surface area contributed by atoms with Gasteiger partial charge in [0.1, 0.15) is 12.4 Å². The third kappa shape index (κ3) is 5.09. The van der Waals surface area contributed by atoms with Gasteiger partial charge in [0, 0.05) is 19.1 Å². The molecule has 2 aromatic carbocycles. The van der Waals surface area contributed by atoms with E-state index in [0.717, 1.165) is 36.4 Å². The van der Waals surface area contributed by atoms with Crippen molar-refractivity contribution in [1.82, 2.24) is 10.2 Å². The zero-order valence-corrected chi connectivity index (χ0v) is 15.7. The highest BCUT2D eigenvalue weighted by Crippen LogP contribution is 2.31. The molecule has 0 aromatic heterocycles. The van der Waals surface area contributed by atoms with Gasteiger partial charge in [-0.1, -0.05) is 24.3 Å². The van der Waals surface area contributed by atoms with Crippen molar-refractivity contribution < 1.29 is 4.74 Å². The third-order valence-corrected chi connectivity index (χ3v) is 5.50. The molecule has 27 heavy (non-hydrogen) atoms. The number of nitrogens with one attached hydrogen (secondary N) is 1. The van der Waals surface area contributed by atoms with Crippen molar-refractivity contribution in [2.75, 3.05) is 19.6 Å². The summed E-state index contributed by atoms with van der Waals surface area (Å²) in [6, 6.07) is 18.9. The van der Waals surface area contributed by atoms with Crippen LogP contribution in [-0.4, -0.2) is 30.6 Å². The first-order valence-electron chi connectivity index (χ1n) is 9.96. The molecule has 1 aliphatic heterocycles. The second-order valence-corrected chi connectivity index (χ2v) is 7.76. The lowest BCUT2D eigenvalue weighted by Crippen LogP contribution is -2.27. The van der Waals surface area contributed by atoms with Crippen molar-refractivity contribution in [3.63, 3.8) is 0 Å². The molecule has 0 spiro atoms. The van der Waals surface area contributed by atoms with Crippen molar-refractivity contribution in [2.45, 2.75) is 38.5 Å². The van der Waals surface area contributed by atoms with Gasteiger partial charge in [0.05, 0.1) is 11.6 Å². The minimum absolute atomic E-state index is 0.478. The molecule has 1 unspecified atom stereocenters. The number of benzene rings is 2. The first kappa shape index (κ1) is 18.0. The van der Waals surface area contributed by atoms with Gasteiger partial charge in [-0.15, -0.1) is 0 Å². The highest BCUT2D eigenvalue weighted by atomic mass is 16.5. The minimum atomic E-state index is 0.478. The van der Waals surface area contributed by atoms with Crippen LogP contribution < -0.4 is 10.1 Å². The molecule has 2 fully saturated rings. The van der Waals surface area contributed by atoms with E-state index in [9.17, 15) is 0 Å². The molecule has 1 saturated carbocycles. The predicted molar refractivity (Wildman–Crippen MR) is 106 cm³/mol. The zero-order valence-electron chi connectivity index (χ0n) is 15.7. The minimum Gasteiger partial charge on any atom is -0.489 e. The van der Waals surface area contributed by atoms with Crippen molar-refractivity contribution in [3.05, 3.63) is 65.2 Å². The Balaban J connectivity index is 1.23. The fourth-order valence-corrected chi connectivity index (χ4v) is 3.86. The molecule has 2 aromatic rings. The van der Waals surface area contributed by atoms with Crippen LogP contribution in [0.3, 0.4) is 0 Å². The van der Waals surface area contributed by atoms with Gasteiger partial charge in [0.25, 0.3) is 0 Å². The van der Waals surface area contributed by atoms with Crippen molar-refractivity contribution in [2.24, 2.45) is 5.92 Å². The first-order chi connectivity index (χ1) is 13.3. The van der Waals surface area contributed by atoms with E-state index in [1.807, 2.05) is 36.4 Å². The summed E-state index contributed by atoms with van der Waals surface area (Å²) >= 11 is 0. The van der Waals surface area contributed by atoms with Crippen molar-refractivity contribution in [1.29, 1.82) is 5.26 Å². The van der Waals surface area contributed by atoms with Crippen LogP contribution in [0.15, 0.2) is 48.5 Å². The van der Waals surface area contributed by atoms with Crippen LogP contribution in [0.4, 0.5) is 0 Å². The molecule has 4 heteroatoms. The Morgan fingerprint density at radius 1 is 1.07 bits per heavy atom. The van der Waals surface area contributed by atoms with Gasteiger partial charge >= 0.3 is 0 Å². The highest BCUT2D eigenvalue weighted by Gasteiger charge is 2.33. The molecule has 0 radical (unpaired) electrons. The van der Waals surface area contributed by atoms with Gasteiger partial charge in [0.2, 0.25) is 0 Å². The summed E-state index contributed by atoms with van der Waals surface area (Å²) in [6.07, 6.45) is 4.15. The maximum absolute atomic E-state index is 8.99. The van der Waals surface area contributed by atoms with Gasteiger partial charge in [0.15, 0.2) is 0 Å². The summed E-state index contributed by atoms with van der Waals surface area (Å²) in [5.74, 6) is 1.66. The predicted octanol–water partition coefficient (Wildman–Crippen LogP) is 3.71. The van der Waals surface area contributed by atoms with E-state index in [1.54, 1.807) is 0 Å². The number of hydrogen-bond acceptors (Lipinski definition) is 4. The average molecular weight is 361 g/mol. The molecule has 4 rings (SSSR count). The summed E-state index contributed by atoms with van der Waals surface area (Å²) in [5.41, 5.74) is 2.93. The van der Waals surface area contributed by atoms with Gasteiger partial charge in [-0.05, 0) is 73.7 Å². The maximum Gasteiger partial charge on any atom is 0.120 e. The lowest BCUT2D eigenvalue weighted by atomic mass is 10.1. The fraction of sp³-hybridized carbons (Fsp3) is 0.435. The number of hydrogen-bond donors (Lipinski definition) is 1. The highest BCUT2D eigenvalue weighted by molar-refractivity contribution is 5.33. The second-order valence-electron chi connectivity index (χ2n) is 7.76. The van der Waals surface area contributed by atoms with Crippen molar-refractivity contribution in [3.8, 4) is 11.8 Å². The molecule has 4 nitrogen and oxygen atoms in total. The Labute approximate surface area is 161 Å². The molecular formula is C23H27N3O. The normalized spacial score (nSPS) is 19.7. The van der Waals surface area contributed by atoms with Crippen LogP contribution in [0.25, 0.3) is 0 Å². The Bertz CT molecular complexity index is 809. The van der Waals surface area contributed by atoms with Crippen LogP contribution in [0, 0.1) is 17.2 Å². The molecule has 2 aliphatic rings. The average Bonchev–Trinajstić information content (AvgIpc) is 3.46. The van der Waals surface area contributed by atoms with Gasteiger partial charge in [-0.3, -0.25) is 0 Å². The van der Waals surface area contributed by atoms with E-state index >= 15 is 0 Å². The molecule has 1 N–H and O–H groups in total. The van der Waals surface area contributed by atoms with E-state index in [0.29, 0.717) is 12.2 Å². The van der Waals surface area contributed by atoms with Crippen LogP contribution in [0.2, 0.25) is 0 Å². The van der Waals surface area contributed by atoms with Crippen LogP contribution in [-0.2, 0) is 13.2 Å². The van der Waals surface area contributed by atoms with E-state index in [4.69, 9.17) is 10.00 Å². The van der Waals surface area contributed by atoms with E-state index in [1.165, 1.54) is 37.9 Å². The molecule has 0 amide bonds. The quantitative estimate of drug-likeness (QED) is 0.779. The van der Waals surface area contributed by atoms with E-state index in [2.05, 4.69) is 28.4 Å². The van der Waals surface area contributed by atoms with Gasteiger partial charge in [-0.2, -0.15) is 5.26 Å². The monoisotopic (exact) mass is 361 g/mol. The number of rotatable bonds is 8. The van der Waals surface area contributed by atoms with E-state index < -0.39 is 0 Å². The SMILES string of the molecule is N#Cc1cccc(COc2cccc(CNCC3CCN(C4CC4)C3)c2)c1. The standard InChI is InChI=1S/C23H27N3O/c24-13-18-3-1-5-20(11-18)17-27-23-6-2-4-19(12-23)14-25-15-21-9-10-26(16-21)22-7-8-22/h1-6,11-12,21-22,25H,7-10,14-17H2. The van der Waals surface area contributed by atoms with Crippen LogP contribution in [0.5, 0.6) is 5.75 Å². The molecule has 1 heterocycles. The Hall–Kier alpha value is -2.35. The Morgan fingerprint density at radius 2 is 1.93 bits per heavy atom. The zero-order chi connectivity index (χ0) is 18.5. The lowest BCUT2D eigenvalue weighted by molar-refractivity contribution is 0.305. The number of likely N-dealkylation sites (tertiary alicyclic amines) is 1. The molecule has 1 aliphatic carbocycles. The maximum atomic E-state index is 8.99. The molecular weight excluding hydrogens is 334 g/mol. The molecule has 1 atom stereocenters. The molecule has 0 bridgehead atoms. The first-order valence-corrected chi connectivity index (χ1v) is 9.96. The largest absolute Gasteiger partial charge is 0.489 e. The third-order valence-electron chi connectivity index (χ3n) is 5.50. The number of ether oxygens (including phenoxy) is 1. The van der Waals surface area contributed by atoms with E-state index in [-0.39, 0.29) is 0 Å². The fourth-order valence-electron chi connectivity index (χ4n) is 3.86. The molecule has 140 valence electrons. The van der Waals surface area contributed by atoms with Gasteiger partial charge in [-0.25, -0.2) is 0 Å². The smallest absolute Gasteiger partial charge is 0.120 e.